The Morgan fingerprint density at radius 2 is 1.71 bits per heavy atom. The van der Waals surface area contributed by atoms with Gasteiger partial charge < -0.3 is 18.9 Å². The summed E-state index contributed by atoms with van der Waals surface area (Å²) in [5, 5.41) is 1.28. The van der Waals surface area contributed by atoms with Gasteiger partial charge in [0.25, 0.3) is 0 Å². The summed E-state index contributed by atoms with van der Waals surface area (Å²) in [6, 6.07) is 9.30. The third kappa shape index (κ3) is 11.4. The first-order valence-electron chi connectivity index (χ1n) is 15.2. The van der Waals surface area contributed by atoms with Crippen LogP contribution in [0, 0.1) is 23.2 Å². The molecule has 0 aliphatic heterocycles. The summed E-state index contributed by atoms with van der Waals surface area (Å²) in [6.07, 6.45) is 9.03. The van der Waals surface area contributed by atoms with Crippen LogP contribution >= 0.6 is 0 Å². The van der Waals surface area contributed by atoms with Crippen molar-refractivity contribution in [3.63, 3.8) is 0 Å². The Morgan fingerprint density at radius 1 is 1.05 bits per heavy atom. The molecule has 1 aromatic rings. The van der Waals surface area contributed by atoms with Gasteiger partial charge in [0.1, 0.15) is 18.5 Å². The SMILES string of the molecule is C=CCC(COc1ccccc1)OC(=O)NN(CC1(C)CCCC(C)C1)C(=O)OCC1CCC(COC(=O)C=C)CC1. The smallest absolute Gasteiger partial charge is 0.428 e. The number of ether oxygens (including phenoxy) is 4. The van der Waals surface area contributed by atoms with Gasteiger partial charge in [0.15, 0.2) is 0 Å². The van der Waals surface area contributed by atoms with Gasteiger partial charge in [-0.1, -0.05) is 57.5 Å². The molecule has 1 aromatic carbocycles. The van der Waals surface area contributed by atoms with E-state index in [2.05, 4.69) is 32.4 Å². The maximum Gasteiger partial charge on any atom is 0.428 e. The molecule has 2 saturated carbocycles. The third-order valence-electron chi connectivity index (χ3n) is 8.22. The molecule has 42 heavy (non-hydrogen) atoms. The van der Waals surface area contributed by atoms with Crippen LogP contribution in [0.25, 0.3) is 0 Å². The molecule has 1 N–H and O–H groups in total. The first-order chi connectivity index (χ1) is 20.2. The van der Waals surface area contributed by atoms with Crippen LogP contribution < -0.4 is 10.2 Å². The van der Waals surface area contributed by atoms with Crippen molar-refractivity contribution in [1.29, 1.82) is 0 Å². The minimum Gasteiger partial charge on any atom is -0.490 e. The normalized spacial score (nSPS) is 24.4. The van der Waals surface area contributed by atoms with Gasteiger partial charge in [0.05, 0.1) is 19.8 Å². The second kappa shape index (κ2) is 16.8. The number of nitrogens with one attached hydrogen (secondary N) is 1. The Hall–Kier alpha value is -3.49. The molecule has 0 spiro atoms. The highest BCUT2D eigenvalue weighted by Gasteiger charge is 2.36. The lowest BCUT2D eigenvalue weighted by atomic mass is 9.71. The minimum atomic E-state index is -0.738. The van der Waals surface area contributed by atoms with Gasteiger partial charge in [0, 0.05) is 12.5 Å². The molecule has 232 valence electrons. The molecule has 0 radical (unpaired) electrons. The number of rotatable bonds is 13. The molecule has 2 aliphatic rings. The number of hydrazine groups is 1. The van der Waals surface area contributed by atoms with E-state index in [1.807, 2.05) is 30.3 Å². The molecule has 0 heterocycles. The number of benzene rings is 1. The zero-order valence-electron chi connectivity index (χ0n) is 25.3. The molecule has 2 aliphatic carbocycles. The first kappa shape index (κ1) is 33.0. The van der Waals surface area contributed by atoms with Gasteiger partial charge in [-0.2, -0.15) is 0 Å². The Balaban J connectivity index is 1.56. The zero-order chi connectivity index (χ0) is 30.4. The van der Waals surface area contributed by atoms with Gasteiger partial charge >= 0.3 is 18.2 Å². The summed E-state index contributed by atoms with van der Waals surface area (Å²) in [6.45, 7) is 12.7. The second-order valence-electron chi connectivity index (χ2n) is 12.2. The van der Waals surface area contributed by atoms with Crippen molar-refractivity contribution in [1.82, 2.24) is 10.4 Å². The average molecular weight is 585 g/mol. The van der Waals surface area contributed by atoms with Gasteiger partial charge in [-0.05, 0) is 73.8 Å². The molecule has 0 saturated heterocycles. The Labute approximate surface area is 250 Å². The number of hydrogen-bond donors (Lipinski definition) is 1. The Kier molecular flexibility index (Phi) is 13.2. The summed E-state index contributed by atoms with van der Waals surface area (Å²) in [7, 11) is 0. The fourth-order valence-electron chi connectivity index (χ4n) is 6.02. The van der Waals surface area contributed by atoms with Crippen molar-refractivity contribution < 1.29 is 33.3 Å². The van der Waals surface area contributed by atoms with E-state index in [4.69, 9.17) is 18.9 Å². The molecule has 3 rings (SSSR count). The van der Waals surface area contributed by atoms with E-state index < -0.39 is 24.3 Å². The van der Waals surface area contributed by atoms with Crippen molar-refractivity contribution in [2.45, 2.75) is 77.7 Å². The molecule has 2 amide bonds. The summed E-state index contributed by atoms with van der Waals surface area (Å²) >= 11 is 0. The summed E-state index contributed by atoms with van der Waals surface area (Å²) in [5.41, 5.74) is 2.52. The van der Waals surface area contributed by atoms with Crippen LogP contribution in [0.3, 0.4) is 0 Å². The monoisotopic (exact) mass is 584 g/mol. The molecule has 9 nitrogen and oxygen atoms in total. The summed E-state index contributed by atoms with van der Waals surface area (Å²) in [5.74, 6) is 1.33. The number of esters is 1. The maximum atomic E-state index is 13.3. The number of nitrogens with zero attached hydrogens (tertiary/aromatic N) is 1. The van der Waals surface area contributed by atoms with E-state index in [0.29, 0.717) is 37.2 Å². The molecule has 0 aromatic heterocycles. The molecular weight excluding hydrogens is 536 g/mol. The standard InChI is InChI=1S/C33H48N2O7/c1-5-11-29(23-39-28-13-8-7-9-14-28)42-31(37)34-35(24-33(4)19-10-12-25(3)20-33)32(38)41-22-27-17-15-26(16-18-27)21-40-30(36)6-2/h5-9,13-14,25-27,29H,1-2,10-12,15-24H2,3-4H3,(H,34,37). The highest BCUT2D eigenvalue weighted by atomic mass is 16.6. The van der Waals surface area contributed by atoms with Crippen LogP contribution in [-0.4, -0.2) is 55.6 Å². The van der Waals surface area contributed by atoms with E-state index in [9.17, 15) is 14.4 Å². The molecule has 3 unspecified atom stereocenters. The fraction of sp³-hybridized carbons (Fsp3) is 0.606. The lowest BCUT2D eigenvalue weighted by Gasteiger charge is -2.40. The van der Waals surface area contributed by atoms with E-state index in [1.54, 1.807) is 6.08 Å². The van der Waals surface area contributed by atoms with E-state index in [-0.39, 0.29) is 24.5 Å². The van der Waals surface area contributed by atoms with Crippen molar-refractivity contribution >= 4 is 18.2 Å². The van der Waals surface area contributed by atoms with Crippen molar-refractivity contribution in [2.24, 2.45) is 23.2 Å². The van der Waals surface area contributed by atoms with E-state index in [1.165, 1.54) is 11.1 Å². The van der Waals surface area contributed by atoms with E-state index >= 15 is 0 Å². The third-order valence-corrected chi connectivity index (χ3v) is 8.22. The van der Waals surface area contributed by atoms with Gasteiger partial charge in [0.2, 0.25) is 0 Å². The van der Waals surface area contributed by atoms with Gasteiger partial charge in [-0.25, -0.2) is 24.8 Å². The Morgan fingerprint density at radius 3 is 2.33 bits per heavy atom. The molecular formula is C33H48N2O7. The summed E-state index contributed by atoms with van der Waals surface area (Å²) < 4.78 is 22.4. The van der Waals surface area contributed by atoms with Crippen LogP contribution in [0.2, 0.25) is 0 Å². The summed E-state index contributed by atoms with van der Waals surface area (Å²) in [4.78, 5) is 37.7. The lowest BCUT2D eigenvalue weighted by Crippen LogP contribution is -2.52. The topological polar surface area (TPSA) is 103 Å². The molecule has 3 atom stereocenters. The predicted molar refractivity (Wildman–Crippen MR) is 161 cm³/mol. The number of carbonyl (C=O) groups excluding carboxylic acids is 3. The maximum absolute atomic E-state index is 13.3. The van der Waals surface area contributed by atoms with Crippen molar-refractivity contribution in [3.8, 4) is 5.75 Å². The predicted octanol–water partition coefficient (Wildman–Crippen LogP) is 6.84. The Bertz CT molecular complexity index is 1020. The number of para-hydroxylation sites is 1. The molecule has 0 bridgehead atoms. The fourth-order valence-corrected chi connectivity index (χ4v) is 6.02. The molecule has 9 heteroatoms. The van der Waals surface area contributed by atoms with Crippen LogP contribution in [0.4, 0.5) is 9.59 Å². The highest BCUT2D eigenvalue weighted by Crippen LogP contribution is 2.39. The number of carbonyl (C=O) groups is 3. The quantitative estimate of drug-likeness (QED) is 0.0890. The van der Waals surface area contributed by atoms with Gasteiger partial charge in [-0.15, -0.1) is 6.58 Å². The number of amides is 2. The molecule has 2 fully saturated rings. The first-order valence-corrected chi connectivity index (χ1v) is 15.2. The highest BCUT2D eigenvalue weighted by molar-refractivity contribution is 5.81. The van der Waals surface area contributed by atoms with Crippen LogP contribution in [0.1, 0.15) is 71.6 Å². The van der Waals surface area contributed by atoms with Crippen molar-refractivity contribution in [2.75, 3.05) is 26.4 Å². The van der Waals surface area contributed by atoms with Crippen LogP contribution in [0.15, 0.2) is 55.6 Å². The zero-order valence-corrected chi connectivity index (χ0v) is 25.3. The largest absolute Gasteiger partial charge is 0.490 e. The van der Waals surface area contributed by atoms with Gasteiger partial charge in [-0.3, -0.25) is 0 Å². The average Bonchev–Trinajstić information content (AvgIpc) is 2.98. The number of hydrogen-bond acceptors (Lipinski definition) is 7. The van der Waals surface area contributed by atoms with E-state index in [0.717, 1.165) is 51.4 Å². The van der Waals surface area contributed by atoms with Crippen molar-refractivity contribution in [3.05, 3.63) is 55.6 Å². The van der Waals surface area contributed by atoms with Crippen LogP contribution in [0.5, 0.6) is 5.75 Å². The lowest BCUT2D eigenvalue weighted by molar-refractivity contribution is -0.139. The minimum absolute atomic E-state index is 0.151. The second-order valence-corrected chi connectivity index (χ2v) is 12.2. The van der Waals surface area contributed by atoms with Crippen LogP contribution in [-0.2, 0) is 19.0 Å².